The number of aryl methyl sites for hydroxylation is 1. The van der Waals surface area contributed by atoms with Gasteiger partial charge in [0.15, 0.2) is 17.4 Å². The minimum absolute atomic E-state index is 0.0115. The highest BCUT2D eigenvalue weighted by atomic mass is 31.2. The summed E-state index contributed by atoms with van der Waals surface area (Å²) in [4.78, 5) is 54.9. The SMILES string of the molecule is O=P(O)(O)O.[2H]C([2H])([2H])CC(=O)c1cnc(C2(C(N)=O)CC2)cc1Nc1cccc(-c2ncn(C([2H])([2H])[2H])n2)c1OC. The third-order valence-corrected chi connectivity index (χ3v) is 5.30. The minimum Gasteiger partial charge on any atom is -0.494 e. The average Bonchev–Trinajstić information content (AvgIpc) is 3.50. The number of anilines is 2. The molecule has 14 heteroatoms. The fourth-order valence-electron chi connectivity index (χ4n) is 3.45. The minimum atomic E-state index is -4.64. The van der Waals surface area contributed by atoms with Crippen molar-refractivity contribution in [1.82, 2.24) is 19.7 Å². The Hall–Kier alpha value is -3.64. The van der Waals surface area contributed by atoms with Gasteiger partial charge in [-0.1, -0.05) is 12.9 Å². The van der Waals surface area contributed by atoms with Gasteiger partial charge >= 0.3 is 7.82 Å². The number of hydrogen-bond acceptors (Lipinski definition) is 8. The van der Waals surface area contributed by atoms with Gasteiger partial charge in [-0.05, 0) is 31.0 Å². The third-order valence-electron chi connectivity index (χ3n) is 5.30. The van der Waals surface area contributed by atoms with Crippen LogP contribution < -0.4 is 15.8 Å². The molecule has 1 aliphatic rings. The summed E-state index contributed by atoms with van der Waals surface area (Å²) in [6.07, 6.45) is 2.63. The molecule has 1 aromatic carbocycles. The van der Waals surface area contributed by atoms with E-state index in [4.69, 9.17) is 37.9 Å². The van der Waals surface area contributed by atoms with E-state index in [9.17, 15) is 9.59 Å². The Kier molecular flexibility index (Phi) is 5.72. The summed E-state index contributed by atoms with van der Waals surface area (Å²) < 4.78 is 60.2. The normalized spacial score (nSPS) is 17.0. The van der Waals surface area contributed by atoms with Crippen molar-refractivity contribution >= 4 is 30.9 Å². The molecule has 0 spiro atoms. The molecule has 1 saturated carbocycles. The lowest BCUT2D eigenvalue weighted by Crippen LogP contribution is -2.29. The average molecular weight is 525 g/mol. The number of aromatic nitrogens is 4. The predicted octanol–water partition coefficient (Wildman–Crippen LogP) is 1.81. The van der Waals surface area contributed by atoms with Gasteiger partial charge in [0, 0.05) is 27.8 Å². The quantitative estimate of drug-likeness (QED) is 0.212. The highest BCUT2D eigenvalue weighted by Crippen LogP contribution is 2.48. The highest BCUT2D eigenvalue weighted by molar-refractivity contribution is 7.45. The van der Waals surface area contributed by atoms with Crippen molar-refractivity contribution in [3.8, 4) is 17.1 Å². The van der Waals surface area contributed by atoms with E-state index in [-0.39, 0.29) is 22.8 Å². The van der Waals surface area contributed by atoms with Gasteiger partial charge in [-0.25, -0.2) is 9.55 Å². The Bertz CT molecular complexity index is 1530. The van der Waals surface area contributed by atoms with Gasteiger partial charge in [0.2, 0.25) is 5.91 Å². The van der Waals surface area contributed by atoms with Crippen molar-refractivity contribution < 1.29 is 41.8 Å². The Labute approximate surface area is 215 Å². The number of carbonyl (C=O) groups excluding carboxylic acids is 2. The number of primary amides is 1. The number of nitrogens with one attached hydrogen (secondary N) is 1. The molecule has 0 atom stereocenters. The van der Waals surface area contributed by atoms with E-state index < -0.39 is 45.2 Å². The number of phosphoric acid groups is 1. The first-order valence-electron chi connectivity index (χ1n) is 13.2. The van der Waals surface area contributed by atoms with Gasteiger partial charge in [-0.3, -0.25) is 19.3 Å². The van der Waals surface area contributed by atoms with Crippen LogP contribution in [0.15, 0.2) is 36.8 Å². The van der Waals surface area contributed by atoms with Crippen LogP contribution >= 0.6 is 7.82 Å². The van der Waals surface area contributed by atoms with Crippen LogP contribution in [0, 0.1) is 0 Å². The second kappa shape index (κ2) is 10.5. The molecule has 192 valence electrons. The van der Waals surface area contributed by atoms with Crippen molar-refractivity contribution in [1.29, 1.82) is 0 Å². The van der Waals surface area contributed by atoms with E-state index in [0.717, 1.165) is 11.0 Å². The molecular weight excluding hydrogens is 491 g/mol. The highest BCUT2D eigenvalue weighted by Gasteiger charge is 2.51. The molecule has 4 rings (SSSR count). The topological polar surface area (TPSA) is 203 Å². The van der Waals surface area contributed by atoms with Crippen molar-refractivity contribution in [2.45, 2.75) is 31.5 Å². The number of ether oxygens (including phenoxy) is 1. The van der Waals surface area contributed by atoms with Gasteiger partial charge in [0.05, 0.1) is 40.7 Å². The number of hydrogen-bond donors (Lipinski definition) is 5. The fourth-order valence-corrected chi connectivity index (χ4v) is 3.45. The molecule has 0 saturated heterocycles. The Morgan fingerprint density at radius 2 is 2.00 bits per heavy atom. The molecule has 3 aromatic rings. The lowest BCUT2D eigenvalue weighted by atomic mass is 9.98. The number of para-hydroxylation sites is 1. The molecule has 0 bridgehead atoms. The van der Waals surface area contributed by atoms with Crippen molar-refractivity contribution in [2.24, 2.45) is 12.7 Å². The number of rotatable bonds is 8. The summed E-state index contributed by atoms with van der Waals surface area (Å²) in [7, 11) is -3.24. The molecule has 13 nitrogen and oxygen atoms in total. The monoisotopic (exact) mass is 524 g/mol. The molecule has 0 radical (unpaired) electrons. The van der Waals surface area contributed by atoms with Crippen LogP contribution in [-0.2, 0) is 21.8 Å². The zero-order valence-electron chi connectivity index (χ0n) is 24.9. The van der Waals surface area contributed by atoms with Gasteiger partial charge in [0.1, 0.15) is 6.33 Å². The van der Waals surface area contributed by atoms with Crippen LogP contribution in [0.5, 0.6) is 5.75 Å². The van der Waals surface area contributed by atoms with E-state index in [2.05, 4.69) is 20.4 Å². The zero-order chi connectivity index (χ0) is 31.7. The van der Waals surface area contributed by atoms with Crippen molar-refractivity contribution in [2.75, 3.05) is 12.4 Å². The maximum Gasteiger partial charge on any atom is 0.466 e. The number of nitrogens with two attached hydrogens (primary N) is 1. The van der Waals surface area contributed by atoms with Gasteiger partial charge < -0.3 is 30.5 Å². The van der Waals surface area contributed by atoms with Crippen molar-refractivity contribution in [3.63, 3.8) is 0 Å². The first-order chi connectivity index (χ1) is 19.2. The summed E-state index contributed by atoms with van der Waals surface area (Å²) in [6.45, 7) is -5.01. The van der Waals surface area contributed by atoms with E-state index in [1.807, 2.05) is 0 Å². The Balaban J connectivity index is 0.000000892. The van der Waals surface area contributed by atoms with Crippen LogP contribution in [-0.4, -0.2) is 53.2 Å². The second-order valence-corrected chi connectivity index (χ2v) is 8.73. The van der Waals surface area contributed by atoms with E-state index in [1.54, 1.807) is 18.2 Å². The number of ketones is 1. The molecule has 6 N–H and O–H groups in total. The van der Waals surface area contributed by atoms with Crippen LogP contribution in [0.2, 0.25) is 0 Å². The van der Waals surface area contributed by atoms with Crippen molar-refractivity contribution in [3.05, 3.63) is 48.0 Å². The molecule has 0 aliphatic heterocycles. The first-order valence-corrected chi connectivity index (χ1v) is 11.8. The molecule has 2 heterocycles. The number of amides is 1. The smallest absolute Gasteiger partial charge is 0.466 e. The van der Waals surface area contributed by atoms with Crippen LogP contribution in [0.4, 0.5) is 11.4 Å². The summed E-state index contributed by atoms with van der Waals surface area (Å²) in [5.41, 5.74) is 5.96. The first kappa shape index (κ1) is 19.5. The largest absolute Gasteiger partial charge is 0.494 e. The number of Topliss-reactive ketones (excluding diaryl/α,β-unsaturated/α-hetero) is 1. The van der Waals surface area contributed by atoms with Gasteiger partial charge in [-0.2, -0.15) is 5.10 Å². The van der Waals surface area contributed by atoms with Crippen LogP contribution in [0.3, 0.4) is 0 Å². The molecule has 1 fully saturated rings. The number of benzene rings is 1. The Morgan fingerprint density at radius 3 is 2.56 bits per heavy atom. The lowest BCUT2D eigenvalue weighted by molar-refractivity contribution is -0.120. The maximum absolute atomic E-state index is 12.9. The van der Waals surface area contributed by atoms with E-state index in [1.165, 1.54) is 19.4 Å². The van der Waals surface area contributed by atoms with E-state index in [0.29, 0.717) is 29.8 Å². The summed E-state index contributed by atoms with van der Waals surface area (Å²) in [5, 5.41) is 7.12. The standard InChI is InChI=1S/C22H24N6O3.H3O4P/c1-4-17(29)14-11-24-18(22(8-9-22)21(23)30)10-16(14)26-15-7-5-6-13(19(15)31-3)20-25-12-28(2)27-20;1-5(2,3)4/h5-7,10-12H,4,8-9H2,1-3H3,(H2,23,30)(H,24,26);(H3,1,2,3,4)/i1D3,2D3;. The number of nitrogens with zero attached hydrogens (tertiary/aromatic N) is 4. The van der Waals surface area contributed by atoms with Crippen LogP contribution in [0.25, 0.3) is 11.4 Å². The van der Waals surface area contributed by atoms with Crippen LogP contribution in [0.1, 0.15) is 50.4 Å². The van der Waals surface area contributed by atoms with Gasteiger partial charge in [-0.15, -0.1) is 0 Å². The maximum atomic E-state index is 12.9. The molecule has 36 heavy (non-hydrogen) atoms. The molecule has 1 aliphatic carbocycles. The molecule has 2 aromatic heterocycles. The molecular formula is C22H27N6O7P. The third kappa shape index (κ3) is 6.13. The second-order valence-electron chi connectivity index (χ2n) is 7.70. The molecule has 1 amide bonds. The number of carbonyl (C=O) groups is 2. The lowest BCUT2D eigenvalue weighted by Gasteiger charge is -2.18. The predicted molar refractivity (Wildman–Crippen MR) is 130 cm³/mol. The summed E-state index contributed by atoms with van der Waals surface area (Å²) >= 11 is 0. The van der Waals surface area contributed by atoms with Gasteiger partial charge in [0.25, 0.3) is 0 Å². The molecule has 0 unspecified atom stereocenters. The number of pyridine rings is 1. The summed E-state index contributed by atoms with van der Waals surface area (Å²) in [6, 6.07) is 6.43. The number of methoxy groups -OCH3 is 1. The zero-order valence-corrected chi connectivity index (χ0v) is 19.8. The summed E-state index contributed by atoms with van der Waals surface area (Å²) in [5.74, 6) is -0.868. The fraction of sp³-hybridized carbons (Fsp3) is 0.318. The Morgan fingerprint density at radius 1 is 1.28 bits per heavy atom. The van der Waals surface area contributed by atoms with E-state index >= 15 is 0 Å².